The first-order valence-corrected chi connectivity index (χ1v) is 7.96. The van der Waals surface area contributed by atoms with E-state index in [1.807, 2.05) is 0 Å². The van der Waals surface area contributed by atoms with Crippen molar-refractivity contribution in [2.75, 3.05) is 6.54 Å². The van der Waals surface area contributed by atoms with Gasteiger partial charge in [-0.1, -0.05) is 6.58 Å². The number of aromatic amines is 1. The molecular weight excluding hydrogens is 345 g/mol. The highest BCUT2D eigenvalue weighted by molar-refractivity contribution is 5.95. The molecule has 2 heterocycles. The Hall–Kier alpha value is -2.90. The second kappa shape index (κ2) is 6.44. The Bertz CT molecular complexity index is 976. The minimum Gasteiger partial charge on any atom is -0.333 e. The molecule has 1 aromatic carbocycles. The van der Waals surface area contributed by atoms with Crippen molar-refractivity contribution >= 4 is 23.7 Å². The Kier molecular flexibility index (Phi) is 4.43. The van der Waals surface area contributed by atoms with Gasteiger partial charge in [0.2, 0.25) is 0 Å². The van der Waals surface area contributed by atoms with Crippen molar-refractivity contribution in [1.29, 1.82) is 0 Å². The largest absolute Gasteiger partial charge is 0.333 e. The van der Waals surface area contributed by atoms with Gasteiger partial charge in [-0.2, -0.15) is 0 Å². The van der Waals surface area contributed by atoms with Gasteiger partial charge in [-0.05, 0) is 20.6 Å². The minimum atomic E-state index is -0.860. The molecule has 5 nitrogen and oxygen atoms in total. The summed E-state index contributed by atoms with van der Waals surface area (Å²) in [6.07, 6.45) is 0.306. The van der Waals surface area contributed by atoms with Crippen LogP contribution in [0.5, 0.6) is 0 Å². The number of fused-ring (bicyclic) bond motifs is 1. The lowest BCUT2D eigenvalue weighted by atomic mass is 9.97. The molecule has 1 atom stereocenters. The van der Waals surface area contributed by atoms with Crippen LogP contribution >= 0.6 is 0 Å². The second-order valence-corrected chi connectivity index (χ2v) is 6.12. The van der Waals surface area contributed by atoms with Crippen LogP contribution in [0.4, 0.5) is 13.2 Å². The Morgan fingerprint density at radius 2 is 2.12 bits per heavy atom. The first-order valence-electron chi connectivity index (χ1n) is 7.96. The van der Waals surface area contributed by atoms with E-state index >= 15 is 0 Å². The van der Waals surface area contributed by atoms with E-state index in [1.165, 1.54) is 11.8 Å². The maximum absolute atomic E-state index is 14.0. The molecule has 8 heteroatoms. The molecule has 0 bridgehead atoms. The molecule has 1 aromatic heterocycles. The zero-order chi connectivity index (χ0) is 19.2. The lowest BCUT2D eigenvalue weighted by Crippen LogP contribution is -2.44. The summed E-state index contributed by atoms with van der Waals surface area (Å²) in [6, 6.07) is 0.0804. The van der Waals surface area contributed by atoms with Crippen LogP contribution in [0.1, 0.15) is 29.5 Å². The molecular formula is C18H17F3N4O. The molecule has 0 aliphatic carbocycles. The number of hydrogen-bond acceptors (Lipinski definition) is 3. The summed E-state index contributed by atoms with van der Waals surface area (Å²) in [6.45, 7) is 10.1. The van der Waals surface area contributed by atoms with Gasteiger partial charge in [-0.25, -0.2) is 18.2 Å². The molecule has 0 fully saturated rings. The molecule has 136 valence electrons. The monoisotopic (exact) mass is 362 g/mol. The van der Waals surface area contributed by atoms with Crippen LogP contribution in [0.15, 0.2) is 34.7 Å². The number of aliphatic imine (C=N–C) groups is 1. The highest BCUT2D eigenvalue weighted by Gasteiger charge is 2.33. The van der Waals surface area contributed by atoms with Gasteiger partial charge in [-0.3, -0.25) is 9.79 Å². The quantitative estimate of drug-likeness (QED) is 0.844. The van der Waals surface area contributed by atoms with E-state index in [-0.39, 0.29) is 34.5 Å². The first kappa shape index (κ1) is 17.9. The molecule has 1 aliphatic heterocycles. The number of rotatable bonds is 3. The van der Waals surface area contributed by atoms with Crippen molar-refractivity contribution in [2.24, 2.45) is 4.99 Å². The number of carbonyl (C=O) groups excluding carboxylic acids is 1. The van der Waals surface area contributed by atoms with Crippen molar-refractivity contribution in [2.45, 2.75) is 26.3 Å². The SMILES string of the molecule is C=NC1=C(C(=C)F)[C@@H](C)N(C(=O)c2nc3c(F)cc(F)c(C)c3[nH]2)CC1. The van der Waals surface area contributed by atoms with E-state index in [2.05, 4.69) is 28.3 Å². The predicted molar refractivity (Wildman–Crippen MR) is 92.7 cm³/mol. The molecule has 2 aromatic rings. The number of nitrogens with zero attached hydrogens (tertiary/aromatic N) is 3. The highest BCUT2D eigenvalue weighted by atomic mass is 19.1. The van der Waals surface area contributed by atoms with Gasteiger partial charge in [0.05, 0.1) is 11.6 Å². The number of benzene rings is 1. The summed E-state index contributed by atoms with van der Waals surface area (Å²) >= 11 is 0. The van der Waals surface area contributed by atoms with Crippen LogP contribution in [0.2, 0.25) is 0 Å². The Labute approximate surface area is 147 Å². The average molecular weight is 362 g/mol. The molecule has 0 saturated carbocycles. The van der Waals surface area contributed by atoms with E-state index in [4.69, 9.17) is 0 Å². The number of H-pyrrole nitrogens is 1. The van der Waals surface area contributed by atoms with Gasteiger partial charge in [0, 0.05) is 35.9 Å². The molecule has 26 heavy (non-hydrogen) atoms. The van der Waals surface area contributed by atoms with E-state index in [0.29, 0.717) is 12.1 Å². The molecule has 0 radical (unpaired) electrons. The standard InChI is InChI=1S/C18H17F3N4O/c1-8-11(20)7-12(21)16-15(8)23-17(24-16)18(26)25-6-5-13(22-4)14(9(2)19)10(25)3/h7,10H,2,4-6H2,1,3H3,(H,23,24)/t10-/m1/s1. The van der Waals surface area contributed by atoms with E-state index < -0.39 is 29.4 Å². The molecule has 1 aliphatic rings. The van der Waals surface area contributed by atoms with E-state index in [0.717, 1.165) is 6.07 Å². The van der Waals surface area contributed by atoms with Gasteiger partial charge >= 0.3 is 0 Å². The number of imidazole rings is 1. The summed E-state index contributed by atoms with van der Waals surface area (Å²) in [7, 11) is 0. The third-order valence-corrected chi connectivity index (χ3v) is 4.65. The number of aromatic nitrogens is 2. The number of amides is 1. The lowest BCUT2D eigenvalue weighted by Gasteiger charge is -2.34. The fourth-order valence-electron chi connectivity index (χ4n) is 3.24. The zero-order valence-electron chi connectivity index (χ0n) is 14.4. The normalized spacial score (nSPS) is 17.7. The van der Waals surface area contributed by atoms with Crippen molar-refractivity contribution < 1.29 is 18.0 Å². The summed E-state index contributed by atoms with van der Waals surface area (Å²) < 4.78 is 41.5. The smallest absolute Gasteiger partial charge is 0.290 e. The second-order valence-electron chi connectivity index (χ2n) is 6.12. The van der Waals surface area contributed by atoms with Crippen LogP contribution in [-0.4, -0.2) is 40.1 Å². The van der Waals surface area contributed by atoms with Gasteiger partial charge in [0.1, 0.15) is 17.2 Å². The Balaban J connectivity index is 2.03. The number of halogens is 3. The molecule has 3 rings (SSSR count). The Morgan fingerprint density at radius 3 is 2.73 bits per heavy atom. The molecule has 0 spiro atoms. The molecule has 0 saturated heterocycles. The van der Waals surface area contributed by atoms with Crippen LogP contribution in [0.25, 0.3) is 11.0 Å². The van der Waals surface area contributed by atoms with Gasteiger partial charge in [0.25, 0.3) is 5.91 Å². The first-order chi connectivity index (χ1) is 12.3. The lowest BCUT2D eigenvalue weighted by molar-refractivity contribution is 0.0695. The summed E-state index contributed by atoms with van der Waals surface area (Å²) in [5.41, 5.74) is 0.813. The third-order valence-electron chi connectivity index (χ3n) is 4.65. The number of aryl methyl sites for hydroxylation is 1. The maximum atomic E-state index is 14.0. The highest BCUT2D eigenvalue weighted by Crippen LogP contribution is 2.31. The zero-order valence-corrected chi connectivity index (χ0v) is 14.4. The number of nitrogens with one attached hydrogen (secondary N) is 1. The summed E-state index contributed by atoms with van der Waals surface area (Å²) in [5, 5.41) is 0. The maximum Gasteiger partial charge on any atom is 0.290 e. The minimum absolute atomic E-state index is 0.115. The van der Waals surface area contributed by atoms with Gasteiger partial charge in [0.15, 0.2) is 11.6 Å². The van der Waals surface area contributed by atoms with Crippen LogP contribution < -0.4 is 0 Å². The predicted octanol–water partition coefficient (Wildman–Crippen LogP) is 3.82. The van der Waals surface area contributed by atoms with Crippen LogP contribution in [0.3, 0.4) is 0 Å². The molecule has 0 unspecified atom stereocenters. The number of hydrogen-bond donors (Lipinski definition) is 1. The topological polar surface area (TPSA) is 61.4 Å². The van der Waals surface area contributed by atoms with Crippen molar-refractivity contribution in [3.8, 4) is 0 Å². The van der Waals surface area contributed by atoms with Gasteiger partial charge in [-0.15, -0.1) is 0 Å². The van der Waals surface area contributed by atoms with E-state index in [1.54, 1.807) is 6.92 Å². The fourth-order valence-corrected chi connectivity index (χ4v) is 3.24. The van der Waals surface area contributed by atoms with Crippen LogP contribution in [0, 0.1) is 18.6 Å². The van der Waals surface area contributed by atoms with Crippen molar-refractivity contribution in [1.82, 2.24) is 14.9 Å². The molecule has 1 amide bonds. The van der Waals surface area contributed by atoms with Crippen molar-refractivity contribution in [3.05, 3.63) is 52.8 Å². The number of carbonyl (C=O) groups is 1. The van der Waals surface area contributed by atoms with Gasteiger partial charge < -0.3 is 9.88 Å². The molecule has 1 N–H and O–H groups in total. The average Bonchev–Trinajstić information content (AvgIpc) is 3.04. The third kappa shape index (κ3) is 2.71. The summed E-state index contributed by atoms with van der Waals surface area (Å²) in [4.78, 5) is 24.7. The fraction of sp³-hybridized carbons (Fsp3) is 0.278. The van der Waals surface area contributed by atoms with E-state index in [9.17, 15) is 18.0 Å². The van der Waals surface area contributed by atoms with Crippen molar-refractivity contribution in [3.63, 3.8) is 0 Å². The Morgan fingerprint density at radius 1 is 1.42 bits per heavy atom. The summed E-state index contributed by atoms with van der Waals surface area (Å²) in [5.74, 6) is -2.97. The van der Waals surface area contributed by atoms with Crippen LogP contribution in [-0.2, 0) is 0 Å².